The van der Waals surface area contributed by atoms with Gasteiger partial charge in [0.05, 0.1) is 5.56 Å². The first-order valence-corrected chi connectivity index (χ1v) is 5.56. The van der Waals surface area contributed by atoms with Gasteiger partial charge >= 0.3 is 6.18 Å². The van der Waals surface area contributed by atoms with Crippen molar-refractivity contribution in [3.05, 3.63) is 23.8 Å². The molecule has 0 bridgehead atoms. The van der Waals surface area contributed by atoms with Crippen molar-refractivity contribution in [2.75, 3.05) is 12.3 Å². The Labute approximate surface area is 96.2 Å². The molecule has 0 saturated heterocycles. The van der Waals surface area contributed by atoms with E-state index in [9.17, 15) is 13.2 Å². The minimum atomic E-state index is -4.35. The van der Waals surface area contributed by atoms with E-state index in [1.54, 1.807) is 0 Å². The molecule has 6 heteroatoms. The summed E-state index contributed by atoms with van der Waals surface area (Å²) in [6.45, 7) is 2.34. The van der Waals surface area contributed by atoms with Crippen molar-refractivity contribution >= 4 is 17.4 Å². The summed E-state index contributed by atoms with van der Waals surface area (Å²) < 4.78 is 37.0. The molecule has 0 aromatic heterocycles. The van der Waals surface area contributed by atoms with Crippen LogP contribution in [-0.4, -0.2) is 11.8 Å². The minimum absolute atomic E-state index is 0.124. The average Bonchev–Trinajstić information content (AvgIpc) is 2.19. The minimum Gasteiger partial charge on any atom is -0.398 e. The number of alkyl halides is 3. The largest absolute Gasteiger partial charge is 0.416 e. The Kier molecular flexibility index (Phi) is 4.09. The molecule has 0 aliphatic heterocycles. The summed E-state index contributed by atoms with van der Waals surface area (Å²) in [5.74, 6) is 0. The molecule has 2 nitrogen and oxygen atoms in total. The topological polar surface area (TPSA) is 52.0 Å². The molecule has 1 rings (SSSR count). The van der Waals surface area contributed by atoms with E-state index >= 15 is 0 Å². The summed E-state index contributed by atoms with van der Waals surface area (Å²) in [7, 11) is 0. The summed E-state index contributed by atoms with van der Waals surface area (Å²) in [5, 5.41) is 0.124. The first kappa shape index (κ1) is 13.2. The second kappa shape index (κ2) is 4.97. The van der Waals surface area contributed by atoms with Crippen LogP contribution < -0.4 is 11.5 Å². The first-order valence-electron chi connectivity index (χ1n) is 4.68. The Bertz CT molecular complexity index is 366. The number of halogens is 3. The summed E-state index contributed by atoms with van der Waals surface area (Å²) >= 11 is 1.37. The van der Waals surface area contributed by atoms with Crippen LogP contribution in [0.15, 0.2) is 23.1 Å². The van der Waals surface area contributed by atoms with Crippen LogP contribution in [0.25, 0.3) is 0 Å². The number of hydrogen-bond acceptors (Lipinski definition) is 3. The number of benzene rings is 1. The van der Waals surface area contributed by atoms with Gasteiger partial charge in [0.15, 0.2) is 0 Å². The van der Waals surface area contributed by atoms with Crippen LogP contribution in [-0.2, 0) is 6.18 Å². The fourth-order valence-corrected chi connectivity index (χ4v) is 1.97. The van der Waals surface area contributed by atoms with Gasteiger partial charge in [0.25, 0.3) is 0 Å². The fourth-order valence-electron chi connectivity index (χ4n) is 1.10. The number of nitrogens with two attached hydrogens (primary N) is 2. The third-order valence-electron chi connectivity index (χ3n) is 2.00. The highest BCUT2D eigenvalue weighted by Gasteiger charge is 2.30. The van der Waals surface area contributed by atoms with Gasteiger partial charge in [0.1, 0.15) is 0 Å². The molecule has 1 aromatic rings. The van der Waals surface area contributed by atoms with Crippen molar-refractivity contribution in [2.45, 2.75) is 23.2 Å². The molecular formula is C10H13F3N2S. The highest BCUT2D eigenvalue weighted by molar-refractivity contribution is 8.00. The molecule has 0 radical (unpaired) electrons. The van der Waals surface area contributed by atoms with Crippen molar-refractivity contribution in [1.29, 1.82) is 0 Å². The van der Waals surface area contributed by atoms with E-state index in [2.05, 4.69) is 0 Å². The number of rotatable bonds is 3. The predicted molar refractivity (Wildman–Crippen MR) is 60.2 cm³/mol. The van der Waals surface area contributed by atoms with Crippen molar-refractivity contribution < 1.29 is 13.2 Å². The van der Waals surface area contributed by atoms with Gasteiger partial charge in [0, 0.05) is 22.4 Å². The molecule has 1 atom stereocenters. The van der Waals surface area contributed by atoms with Crippen LogP contribution in [0.3, 0.4) is 0 Å². The van der Waals surface area contributed by atoms with Gasteiger partial charge in [-0.2, -0.15) is 13.2 Å². The summed E-state index contributed by atoms with van der Waals surface area (Å²) in [5.41, 5.74) is 10.4. The molecule has 0 fully saturated rings. The van der Waals surface area contributed by atoms with Crippen molar-refractivity contribution in [3.63, 3.8) is 0 Å². The van der Waals surface area contributed by atoms with E-state index in [1.165, 1.54) is 17.8 Å². The number of hydrogen-bond donors (Lipinski definition) is 2. The van der Waals surface area contributed by atoms with Crippen LogP contribution in [0.4, 0.5) is 18.9 Å². The van der Waals surface area contributed by atoms with Crippen molar-refractivity contribution in [1.82, 2.24) is 0 Å². The molecule has 1 aromatic carbocycles. The van der Waals surface area contributed by atoms with Gasteiger partial charge in [0.2, 0.25) is 0 Å². The molecule has 0 amide bonds. The lowest BCUT2D eigenvalue weighted by atomic mass is 10.2. The highest BCUT2D eigenvalue weighted by Crippen LogP contribution is 2.35. The normalized spacial score (nSPS) is 13.8. The molecule has 4 N–H and O–H groups in total. The summed E-state index contributed by atoms with van der Waals surface area (Å²) in [6.07, 6.45) is -4.35. The molecule has 0 heterocycles. The summed E-state index contributed by atoms with van der Waals surface area (Å²) in [4.78, 5) is 0.631. The van der Waals surface area contributed by atoms with Gasteiger partial charge in [-0.15, -0.1) is 11.8 Å². The average molecular weight is 250 g/mol. The molecule has 16 heavy (non-hydrogen) atoms. The quantitative estimate of drug-likeness (QED) is 0.640. The monoisotopic (exact) mass is 250 g/mol. The third-order valence-corrected chi connectivity index (χ3v) is 3.22. The number of nitrogen functional groups attached to an aromatic ring is 1. The Balaban J connectivity index is 2.92. The van der Waals surface area contributed by atoms with Gasteiger partial charge in [-0.3, -0.25) is 0 Å². The highest BCUT2D eigenvalue weighted by atomic mass is 32.2. The zero-order valence-electron chi connectivity index (χ0n) is 8.71. The smallest absolute Gasteiger partial charge is 0.398 e. The maximum absolute atomic E-state index is 12.3. The van der Waals surface area contributed by atoms with Crippen molar-refractivity contribution in [3.8, 4) is 0 Å². The van der Waals surface area contributed by atoms with E-state index in [0.29, 0.717) is 11.4 Å². The van der Waals surface area contributed by atoms with E-state index < -0.39 is 11.7 Å². The number of thioether (sulfide) groups is 1. The van der Waals surface area contributed by atoms with Crippen LogP contribution in [0.1, 0.15) is 12.5 Å². The van der Waals surface area contributed by atoms with Crippen LogP contribution in [0.5, 0.6) is 0 Å². The lowest BCUT2D eigenvalue weighted by molar-refractivity contribution is -0.137. The summed E-state index contributed by atoms with van der Waals surface area (Å²) in [6, 6.07) is 3.36. The zero-order valence-corrected chi connectivity index (χ0v) is 9.53. The maximum atomic E-state index is 12.3. The molecule has 0 spiro atoms. The van der Waals surface area contributed by atoms with E-state index in [-0.39, 0.29) is 10.9 Å². The van der Waals surface area contributed by atoms with Crippen LogP contribution in [0, 0.1) is 0 Å². The Hall–Kier alpha value is -0.880. The van der Waals surface area contributed by atoms with Crippen LogP contribution >= 0.6 is 11.8 Å². The van der Waals surface area contributed by atoms with E-state index in [1.807, 2.05) is 6.92 Å². The van der Waals surface area contributed by atoms with E-state index in [0.717, 1.165) is 12.1 Å². The number of anilines is 1. The molecule has 1 unspecified atom stereocenters. The van der Waals surface area contributed by atoms with Gasteiger partial charge in [-0.25, -0.2) is 0 Å². The second-order valence-electron chi connectivity index (χ2n) is 3.41. The van der Waals surface area contributed by atoms with Gasteiger partial charge < -0.3 is 11.5 Å². The van der Waals surface area contributed by atoms with Gasteiger partial charge in [-0.1, -0.05) is 6.92 Å². The molecule has 0 aliphatic rings. The van der Waals surface area contributed by atoms with E-state index in [4.69, 9.17) is 11.5 Å². The molecule has 0 saturated carbocycles. The van der Waals surface area contributed by atoms with Crippen molar-refractivity contribution in [2.24, 2.45) is 5.73 Å². The Morgan fingerprint density at radius 3 is 2.44 bits per heavy atom. The first-order chi connectivity index (χ1) is 7.34. The fraction of sp³-hybridized carbons (Fsp3) is 0.400. The molecule has 0 aliphatic carbocycles. The molecular weight excluding hydrogens is 237 g/mol. The van der Waals surface area contributed by atoms with Gasteiger partial charge in [-0.05, 0) is 18.2 Å². The third kappa shape index (κ3) is 3.31. The predicted octanol–water partition coefficient (Wildman–Crippen LogP) is 2.73. The lowest BCUT2D eigenvalue weighted by Crippen LogP contribution is -2.13. The van der Waals surface area contributed by atoms with Crippen LogP contribution in [0.2, 0.25) is 0 Å². The SMILES string of the molecule is CC(CN)Sc1ccc(C(F)(F)F)cc1N. The Morgan fingerprint density at radius 1 is 1.38 bits per heavy atom. The zero-order chi connectivity index (χ0) is 12.3. The second-order valence-corrected chi connectivity index (χ2v) is 4.89. The maximum Gasteiger partial charge on any atom is 0.416 e. The molecule has 90 valence electrons. The standard InChI is InChI=1S/C10H13F3N2S/c1-6(5-14)16-9-3-2-7(4-8(9)15)10(11,12)13/h2-4,6H,5,14-15H2,1H3. The lowest BCUT2D eigenvalue weighted by Gasteiger charge is -2.13. The Morgan fingerprint density at radius 2 is 2.00 bits per heavy atom.